The summed E-state index contributed by atoms with van der Waals surface area (Å²) in [6.45, 7) is 7.51. The van der Waals surface area contributed by atoms with Crippen LogP contribution in [0.1, 0.15) is 46.6 Å². The van der Waals surface area contributed by atoms with Gasteiger partial charge in [0.25, 0.3) is 5.91 Å². The number of nitrogens with zero attached hydrogens (tertiary/aromatic N) is 1. The van der Waals surface area contributed by atoms with E-state index in [0.717, 1.165) is 45.4 Å². The first kappa shape index (κ1) is 20.5. The number of aromatic nitrogens is 1. The highest BCUT2D eigenvalue weighted by Gasteiger charge is 2.20. The minimum absolute atomic E-state index is 0.339. The van der Waals surface area contributed by atoms with E-state index < -0.39 is 5.97 Å². The van der Waals surface area contributed by atoms with Crippen LogP contribution in [-0.2, 0) is 22.4 Å². The number of hydrogen-bond donors (Lipinski definition) is 1. The van der Waals surface area contributed by atoms with Gasteiger partial charge in [0, 0.05) is 16.8 Å². The third kappa shape index (κ3) is 4.29. The van der Waals surface area contributed by atoms with Crippen LogP contribution in [0, 0.1) is 13.8 Å². The molecule has 0 bridgehead atoms. The quantitative estimate of drug-likeness (QED) is 0.616. The molecule has 5 nitrogen and oxygen atoms in total. The van der Waals surface area contributed by atoms with Crippen LogP contribution in [-0.4, -0.2) is 23.5 Å². The summed E-state index contributed by atoms with van der Waals surface area (Å²) in [6, 6.07) is 13.4. The van der Waals surface area contributed by atoms with E-state index in [4.69, 9.17) is 4.74 Å². The number of carbonyl (C=O) groups excluding carboxylic acids is 2. The molecule has 2 aromatic carbocycles. The summed E-state index contributed by atoms with van der Waals surface area (Å²) in [7, 11) is 0. The number of pyridine rings is 1. The molecule has 1 amide bonds. The Morgan fingerprint density at radius 2 is 1.76 bits per heavy atom. The second kappa shape index (κ2) is 8.86. The maximum Gasteiger partial charge on any atom is 0.339 e. The van der Waals surface area contributed by atoms with Gasteiger partial charge in [-0.3, -0.25) is 9.78 Å². The predicted molar refractivity (Wildman–Crippen MR) is 115 cm³/mol. The first-order valence-electron chi connectivity index (χ1n) is 9.89. The molecular formula is C24H26N2O3. The van der Waals surface area contributed by atoms with E-state index in [2.05, 4.69) is 10.3 Å². The number of carbonyl (C=O) groups is 2. The molecular weight excluding hydrogens is 364 g/mol. The average Bonchev–Trinajstić information content (AvgIpc) is 2.73. The smallest absolute Gasteiger partial charge is 0.339 e. The lowest BCUT2D eigenvalue weighted by Crippen LogP contribution is -2.22. The van der Waals surface area contributed by atoms with Crippen molar-refractivity contribution in [2.75, 3.05) is 11.9 Å². The highest BCUT2D eigenvalue weighted by molar-refractivity contribution is 6.06. The fraction of sp³-hybridized carbons (Fsp3) is 0.292. The normalized spacial score (nSPS) is 10.8. The Labute approximate surface area is 171 Å². The lowest BCUT2D eigenvalue weighted by atomic mass is 10.0. The third-order valence-electron chi connectivity index (χ3n) is 5.11. The molecule has 0 saturated heterocycles. The Morgan fingerprint density at radius 3 is 2.48 bits per heavy atom. The molecule has 0 atom stereocenters. The number of fused-ring (bicyclic) bond motifs is 1. The summed E-state index contributed by atoms with van der Waals surface area (Å²) in [5.74, 6) is -0.861. The number of hydrogen-bond acceptors (Lipinski definition) is 4. The fourth-order valence-electron chi connectivity index (χ4n) is 3.55. The van der Waals surface area contributed by atoms with Gasteiger partial charge in [0.15, 0.2) is 6.61 Å². The van der Waals surface area contributed by atoms with E-state index in [9.17, 15) is 9.59 Å². The van der Waals surface area contributed by atoms with Gasteiger partial charge in [-0.15, -0.1) is 0 Å². The summed E-state index contributed by atoms with van der Waals surface area (Å²) >= 11 is 0. The third-order valence-corrected chi connectivity index (χ3v) is 5.11. The molecule has 0 unspecified atom stereocenters. The van der Waals surface area contributed by atoms with Crippen molar-refractivity contribution >= 4 is 28.5 Å². The Morgan fingerprint density at radius 1 is 1.00 bits per heavy atom. The van der Waals surface area contributed by atoms with Gasteiger partial charge in [0.05, 0.1) is 11.1 Å². The second-order valence-corrected chi connectivity index (χ2v) is 7.02. The van der Waals surface area contributed by atoms with E-state index in [1.807, 2.05) is 70.2 Å². The van der Waals surface area contributed by atoms with Crippen LogP contribution >= 0.6 is 0 Å². The second-order valence-electron chi connectivity index (χ2n) is 7.02. The van der Waals surface area contributed by atoms with Crippen LogP contribution in [0.25, 0.3) is 10.9 Å². The zero-order valence-electron chi connectivity index (χ0n) is 17.3. The number of rotatable bonds is 6. The van der Waals surface area contributed by atoms with Gasteiger partial charge < -0.3 is 10.1 Å². The maximum absolute atomic E-state index is 12.9. The standard InChI is InChI=1S/C24H26N2O3/c1-5-17-11-9-10-15(3)23(17)26-21(27)14-29-24(28)22-16(4)19(6-2)25-20-13-8-7-12-18(20)22/h7-13H,5-6,14H2,1-4H3,(H,26,27). The Hall–Kier alpha value is -3.21. The monoisotopic (exact) mass is 390 g/mol. The van der Waals surface area contributed by atoms with Gasteiger partial charge in [0.2, 0.25) is 0 Å². The van der Waals surface area contributed by atoms with Gasteiger partial charge >= 0.3 is 5.97 Å². The number of esters is 1. The Bertz CT molecular complexity index is 1070. The first-order valence-corrected chi connectivity index (χ1v) is 9.89. The number of para-hydroxylation sites is 2. The zero-order valence-corrected chi connectivity index (χ0v) is 17.3. The van der Waals surface area contributed by atoms with Crippen molar-refractivity contribution in [2.24, 2.45) is 0 Å². The molecule has 1 N–H and O–H groups in total. The SMILES string of the molecule is CCc1cccc(C)c1NC(=O)COC(=O)c1c(C)c(CC)nc2ccccc12. The average molecular weight is 390 g/mol. The van der Waals surface area contributed by atoms with Crippen LogP contribution in [0.15, 0.2) is 42.5 Å². The Balaban J connectivity index is 1.80. The van der Waals surface area contributed by atoms with Crippen LogP contribution in [0.2, 0.25) is 0 Å². The number of benzene rings is 2. The fourth-order valence-corrected chi connectivity index (χ4v) is 3.55. The van der Waals surface area contributed by atoms with Gasteiger partial charge in [-0.25, -0.2) is 4.79 Å². The molecule has 0 aliphatic rings. The van der Waals surface area contributed by atoms with Crippen molar-refractivity contribution < 1.29 is 14.3 Å². The molecule has 0 aliphatic carbocycles. The first-order chi connectivity index (χ1) is 14.0. The van der Waals surface area contributed by atoms with Crippen LogP contribution in [0.4, 0.5) is 5.69 Å². The lowest BCUT2D eigenvalue weighted by molar-refractivity contribution is -0.119. The number of ether oxygens (including phenoxy) is 1. The van der Waals surface area contributed by atoms with Gasteiger partial charge in [-0.2, -0.15) is 0 Å². The van der Waals surface area contributed by atoms with E-state index in [-0.39, 0.29) is 12.5 Å². The predicted octanol–water partition coefficient (Wildman–Crippen LogP) is 4.77. The van der Waals surface area contributed by atoms with Crippen LogP contribution in [0.5, 0.6) is 0 Å². The van der Waals surface area contributed by atoms with Crippen molar-refractivity contribution in [2.45, 2.75) is 40.5 Å². The molecule has 0 fully saturated rings. The van der Waals surface area contributed by atoms with E-state index in [1.165, 1.54) is 0 Å². The van der Waals surface area contributed by atoms with Crippen molar-refractivity contribution in [1.29, 1.82) is 0 Å². The van der Waals surface area contributed by atoms with Crippen molar-refractivity contribution in [3.8, 4) is 0 Å². The van der Waals surface area contributed by atoms with Crippen LogP contribution < -0.4 is 5.32 Å². The number of aryl methyl sites for hydroxylation is 3. The molecule has 0 aliphatic heterocycles. The highest BCUT2D eigenvalue weighted by atomic mass is 16.5. The van der Waals surface area contributed by atoms with Gasteiger partial charge in [-0.05, 0) is 49.4 Å². The Kier molecular flexibility index (Phi) is 6.27. The lowest BCUT2D eigenvalue weighted by Gasteiger charge is -2.15. The molecule has 5 heteroatoms. The topological polar surface area (TPSA) is 68.3 Å². The van der Waals surface area contributed by atoms with E-state index in [0.29, 0.717) is 12.0 Å². The molecule has 0 radical (unpaired) electrons. The minimum atomic E-state index is -0.508. The number of amides is 1. The number of nitrogens with one attached hydrogen (secondary N) is 1. The summed E-state index contributed by atoms with van der Waals surface area (Å²) < 4.78 is 5.39. The largest absolute Gasteiger partial charge is 0.452 e. The van der Waals surface area contributed by atoms with Crippen molar-refractivity contribution in [3.05, 3.63) is 70.4 Å². The molecule has 0 spiro atoms. The highest BCUT2D eigenvalue weighted by Crippen LogP contribution is 2.25. The van der Waals surface area contributed by atoms with Gasteiger partial charge in [-0.1, -0.05) is 50.2 Å². The summed E-state index contributed by atoms with van der Waals surface area (Å²) in [5, 5.41) is 3.62. The van der Waals surface area contributed by atoms with E-state index >= 15 is 0 Å². The number of anilines is 1. The summed E-state index contributed by atoms with van der Waals surface area (Å²) in [4.78, 5) is 29.9. The molecule has 3 rings (SSSR count). The zero-order chi connectivity index (χ0) is 21.0. The van der Waals surface area contributed by atoms with E-state index in [1.54, 1.807) is 0 Å². The molecule has 1 aromatic heterocycles. The minimum Gasteiger partial charge on any atom is -0.452 e. The summed E-state index contributed by atoms with van der Waals surface area (Å²) in [5.41, 5.74) is 5.69. The van der Waals surface area contributed by atoms with Crippen molar-refractivity contribution in [1.82, 2.24) is 4.98 Å². The molecule has 150 valence electrons. The molecule has 0 saturated carbocycles. The summed E-state index contributed by atoms with van der Waals surface area (Å²) in [6.07, 6.45) is 1.52. The van der Waals surface area contributed by atoms with Crippen molar-refractivity contribution in [3.63, 3.8) is 0 Å². The molecule has 29 heavy (non-hydrogen) atoms. The van der Waals surface area contributed by atoms with Gasteiger partial charge in [0.1, 0.15) is 0 Å². The molecule has 3 aromatic rings. The molecule has 1 heterocycles. The maximum atomic E-state index is 12.9. The van der Waals surface area contributed by atoms with Crippen LogP contribution in [0.3, 0.4) is 0 Å².